The van der Waals surface area contributed by atoms with E-state index in [9.17, 15) is 4.79 Å². The summed E-state index contributed by atoms with van der Waals surface area (Å²) >= 11 is 0. The first kappa shape index (κ1) is 21.4. The van der Waals surface area contributed by atoms with Crippen molar-refractivity contribution in [3.63, 3.8) is 0 Å². The smallest absolute Gasteiger partial charge is 0.256 e. The summed E-state index contributed by atoms with van der Waals surface area (Å²) in [4.78, 5) is 19.8. The summed E-state index contributed by atoms with van der Waals surface area (Å²) in [6.45, 7) is 2.49. The number of aromatic nitrogens is 4. The van der Waals surface area contributed by atoms with Crippen molar-refractivity contribution in [1.82, 2.24) is 25.5 Å². The van der Waals surface area contributed by atoms with E-state index in [1.165, 1.54) is 0 Å². The Kier molecular flexibility index (Phi) is 5.25. The van der Waals surface area contributed by atoms with Gasteiger partial charge in [0.25, 0.3) is 5.91 Å². The zero-order valence-corrected chi connectivity index (χ0v) is 19.6. The van der Waals surface area contributed by atoms with Crippen molar-refractivity contribution in [3.05, 3.63) is 78.4 Å². The second-order valence-corrected chi connectivity index (χ2v) is 9.35. The zero-order chi connectivity index (χ0) is 23.8. The molecule has 0 atom stereocenters. The minimum Gasteiger partial charge on any atom is -0.294 e. The summed E-state index contributed by atoms with van der Waals surface area (Å²) < 4.78 is 0. The predicted octanol–water partition coefficient (Wildman–Crippen LogP) is 5.27. The zero-order valence-electron chi connectivity index (χ0n) is 19.6. The van der Waals surface area contributed by atoms with Crippen molar-refractivity contribution in [2.24, 2.45) is 4.99 Å². The van der Waals surface area contributed by atoms with Gasteiger partial charge in [-0.25, -0.2) is 0 Å². The van der Waals surface area contributed by atoms with Gasteiger partial charge in [0.2, 0.25) is 5.82 Å². The summed E-state index contributed by atoms with van der Waals surface area (Å²) in [6, 6.07) is 25.0. The van der Waals surface area contributed by atoms with Gasteiger partial charge >= 0.3 is 0 Å². The van der Waals surface area contributed by atoms with Crippen LogP contribution in [0.5, 0.6) is 0 Å². The van der Waals surface area contributed by atoms with Crippen molar-refractivity contribution >= 4 is 11.7 Å². The predicted molar refractivity (Wildman–Crippen MR) is 135 cm³/mol. The molecule has 0 bridgehead atoms. The normalized spacial score (nSPS) is 16.8. The molecule has 35 heavy (non-hydrogen) atoms. The average molecular weight is 463 g/mol. The van der Waals surface area contributed by atoms with E-state index in [0.717, 1.165) is 64.9 Å². The van der Waals surface area contributed by atoms with E-state index in [4.69, 9.17) is 4.99 Å². The lowest BCUT2D eigenvalue weighted by atomic mass is 9.93. The van der Waals surface area contributed by atoms with Crippen LogP contribution in [0.2, 0.25) is 0 Å². The SMILES string of the molecule is CC1=NC2(CCCC2)C(=O)N1Cc1ccc(-c2cc(-c3ccccc3)ccc2-c2nn[nH]n2)cc1. The Balaban J connectivity index is 1.31. The van der Waals surface area contributed by atoms with E-state index in [2.05, 4.69) is 69.2 Å². The number of tetrazole rings is 1. The molecule has 1 fully saturated rings. The van der Waals surface area contributed by atoms with E-state index in [-0.39, 0.29) is 5.91 Å². The van der Waals surface area contributed by atoms with Crippen LogP contribution in [0.25, 0.3) is 33.6 Å². The number of hydrogen-bond acceptors (Lipinski definition) is 5. The topological polar surface area (TPSA) is 87.1 Å². The van der Waals surface area contributed by atoms with Crippen LogP contribution in [-0.2, 0) is 11.3 Å². The molecule has 1 amide bonds. The summed E-state index contributed by atoms with van der Waals surface area (Å²) in [7, 11) is 0. The monoisotopic (exact) mass is 462 g/mol. The van der Waals surface area contributed by atoms with Crippen LogP contribution in [0.3, 0.4) is 0 Å². The lowest BCUT2D eigenvalue weighted by Crippen LogP contribution is -2.40. The van der Waals surface area contributed by atoms with E-state index >= 15 is 0 Å². The maximum absolute atomic E-state index is 13.2. The largest absolute Gasteiger partial charge is 0.294 e. The molecule has 174 valence electrons. The maximum Gasteiger partial charge on any atom is 0.256 e. The highest BCUT2D eigenvalue weighted by atomic mass is 16.2. The molecular formula is C28H26N6O. The first-order chi connectivity index (χ1) is 17.1. The Labute approximate surface area is 203 Å². The number of amides is 1. The highest BCUT2D eigenvalue weighted by Gasteiger charge is 2.48. The molecule has 3 aromatic carbocycles. The first-order valence-electron chi connectivity index (χ1n) is 12.0. The van der Waals surface area contributed by atoms with Crippen molar-refractivity contribution in [3.8, 4) is 33.6 Å². The van der Waals surface area contributed by atoms with E-state index in [1.54, 1.807) is 0 Å². The molecule has 1 saturated carbocycles. The Morgan fingerprint density at radius 3 is 2.34 bits per heavy atom. The number of carbonyl (C=O) groups excluding carboxylic acids is 1. The summed E-state index contributed by atoms with van der Waals surface area (Å²) in [5.74, 6) is 1.54. The molecule has 0 radical (unpaired) electrons. The minimum absolute atomic E-state index is 0.159. The van der Waals surface area contributed by atoms with Crippen LogP contribution in [-0.4, -0.2) is 42.8 Å². The summed E-state index contributed by atoms with van der Waals surface area (Å²) in [5.41, 5.74) is 5.83. The fraction of sp³-hybridized carbons (Fsp3) is 0.250. The average Bonchev–Trinajstić information content (AvgIpc) is 3.64. The quantitative estimate of drug-likeness (QED) is 0.437. The molecule has 2 heterocycles. The Hall–Kier alpha value is -4.13. The summed E-state index contributed by atoms with van der Waals surface area (Å²) in [5, 5.41) is 14.7. The summed E-state index contributed by atoms with van der Waals surface area (Å²) in [6.07, 6.45) is 3.90. The van der Waals surface area contributed by atoms with Gasteiger partial charge < -0.3 is 0 Å². The highest BCUT2D eigenvalue weighted by molar-refractivity contribution is 6.07. The maximum atomic E-state index is 13.2. The third-order valence-electron chi connectivity index (χ3n) is 7.16. The lowest BCUT2D eigenvalue weighted by Gasteiger charge is -2.22. The van der Waals surface area contributed by atoms with Gasteiger partial charge in [0.15, 0.2) is 0 Å². The highest BCUT2D eigenvalue weighted by Crippen LogP contribution is 2.39. The molecule has 4 aromatic rings. The van der Waals surface area contributed by atoms with Gasteiger partial charge in [-0.2, -0.15) is 5.21 Å². The fourth-order valence-corrected chi connectivity index (χ4v) is 5.32. The van der Waals surface area contributed by atoms with Crippen molar-refractivity contribution in [2.75, 3.05) is 0 Å². The fourth-order valence-electron chi connectivity index (χ4n) is 5.32. The van der Waals surface area contributed by atoms with Gasteiger partial charge in [0.05, 0.1) is 6.54 Å². The number of aromatic amines is 1. The van der Waals surface area contributed by atoms with Crippen LogP contribution in [0.1, 0.15) is 38.2 Å². The number of H-pyrrole nitrogens is 1. The molecule has 2 aliphatic rings. The molecule has 7 heteroatoms. The number of nitrogens with zero attached hydrogens (tertiary/aromatic N) is 5. The molecule has 7 nitrogen and oxygen atoms in total. The number of amidine groups is 1. The van der Waals surface area contributed by atoms with Gasteiger partial charge in [0, 0.05) is 5.56 Å². The number of carbonyl (C=O) groups is 1. The Morgan fingerprint density at radius 2 is 1.63 bits per heavy atom. The van der Waals surface area contributed by atoms with E-state index in [0.29, 0.717) is 12.4 Å². The van der Waals surface area contributed by atoms with Crippen molar-refractivity contribution in [1.29, 1.82) is 0 Å². The number of nitrogens with one attached hydrogen (secondary N) is 1. The van der Waals surface area contributed by atoms with Crippen molar-refractivity contribution < 1.29 is 4.79 Å². The third-order valence-corrected chi connectivity index (χ3v) is 7.16. The van der Waals surface area contributed by atoms with Crippen LogP contribution >= 0.6 is 0 Å². The lowest BCUT2D eigenvalue weighted by molar-refractivity contribution is -0.131. The molecule has 1 aliphatic heterocycles. The van der Waals surface area contributed by atoms with Gasteiger partial charge in [-0.15, -0.1) is 10.2 Å². The minimum atomic E-state index is -0.499. The molecular weight excluding hydrogens is 436 g/mol. The Morgan fingerprint density at radius 1 is 0.886 bits per heavy atom. The molecule has 0 unspecified atom stereocenters. The molecule has 0 saturated heterocycles. The molecule has 6 rings (SSSR count). The second-order valence-electron chi connectivity index (χ2n) is 9.35. The number of benzene rings is 3. The molecule has 1 aromatic heterocycles. The van der Waals surface area contributed by atoms with Gasteiger partial charge in [0.1, 0.15) is 11.4 Å². The first-order valence-corrected chi connectivity index (χ1v) is 12.0. The number of hydrogen-bond donors (Lipinski definition) is 1. The van der Waals surface area contributed by atoms with Gasteiger partial charge in [-0.1, -0.05) is 73.5 Å². The standard InChI is InChI=1S/C28H26N6O/c1-19-29-28(15-5-6-16-28)27(35)34(19)18-20-9-11-22(12-10-20)25-17-23(21-7-3-2-4-8-21)13-14-24(25)26-30-32-33-31-26/h2-4,7-14,17H,5-6,15-16,18H2,1H3,(H,30,31,32,33). The van der Waals surface area contributed by atoms with Crippen LogP contribution in [0, 0.1) is 0 Å². The molecule has 1 N–H and O–H groups in total. The Bertz CT molecular complexity index is 1390. The molecule has 1 aliphatic carbocycles. The van der Waals surface area contributed by atoms with Crippen molar-refractivity contribution in [2.45, 2.75) is 44.7 Å². The number of rotatable bonds is 5. The molecule has 1 spiro atoms. The third kappa shape index (κ3) is 3.83. The van der Waals surface area contributed by atoms with Crippen LogP contribution in [0.15, 0.2) is 77.8 Å². The second kappa shape index (κ2) is 8.58. The van der Waals surface area contributed by atoms with Gasteiger partial charge in [-0.05, 0) is 64.9 Å². The van der Waals surface area contributed by atoms with E-state index < -0.39 is 5.54 Å². The number of aliphatic imine (C=N–C) groups is 1. The van der Waals surface area contributed by atoms with Crippen LogP contribution < -0.4 is 0 Å². The van der Waals surface area contributed by atoms with Crippen LogP contribution in [0.4, 0.5) is 0 Å². The van der Waals surface area contributed by atoms with E-state index in [1.807, 2.05) is 36.1 Å². The van der Waals surface area contributed by atoms with Gasteiger partial charge in [-0.3, -0.25) is 14.7 Å².